The molecule has 0 aliphatic carbocycles. The van der Waals surface area contributed by atoms with Crippen LogP contribution in [0, 0.1) is 0 Å². The van der Waals surface area contributed by atoms with Gasteiger partial charge in [-0.15, -0.1) is 0 Å². The number of hydrogen-bond donors (Lipinski definition) is 5. The summed E-state index contributed by atoms with van der Waals surface area (Å²) in [6, 6.07) is -1.79. The third-order valence-corrected chi connectivity index (χ3v) is 1.87. The molecule has 0 rings (SSSR count). The lowest BCUT2D eigenvalue weighted by molar-refractivity contribution is -0.139. The molecule has 7 N–H and O–H groups in total. The summed E-state index contributed by atoms with van der Waals surface area (Å²) in [4.78, 5) is 20.6. The van der Waals surface area contributed by atoms with E-state index in [-0.39, 0.29) is 6.54 Å². The number of aliphatic carboxylic acids is 2. The molecule has 0 aromatic carbocycles. The number of carboxylic acid groups (broad SMARTS) is 2. The Bertz CT molecular complexity index is 200. The van der Waals surface area contributed by atoms with Crippen molar-refractivity contribution in [1.82, 2.24) is 5.32 Å². The molecule has 0 heterocycles. The Labute approximate surface area is 87.4 Å². The van der Waals surface area contributed by atoms with Crippen molar-refractivity contribution in [3.05, 3.63) is 0 Å². The largest absolute Gasteiger partial charge is 0.480 e. The van der Waals surface area contributed by atoms with E-state index in [1.165, 1.54) is 0 Å². The van der Waals surface area contributed by atoms with Crippen molar-refractivity contribution in [2.75, 3.05) is 13.1 Å². The van der Waals surface area contributed by atoms with Gasteiger partial charge in [0.1, 0.15) is 12.1 Å². The molecule has 0 radical (unpaired) electrons. The summed E-state index contributed by atoms with van der Waals surface area (Å²) in [6.07, 6.45) is 0.921. The first-order chi connectivity index (χ1) is 6.95. The maximum atomic E-state index is 10.3. The molecule has 0 saturated heterocycles. The summed E-state index contributed by atoms with van der Waals surface area (Å²) < 4.78 is 0. The molecular formula is C8H17N3O4. The lowest BCUT2D eigenvalue weighted by Crippen LogP contribution is -2.40. The van der Waals surface area contributed by atoms with Crippen LogP contribution < -0.4 is 16.8 Å². The fourth-order valence-corrected chi connectivity index (χ4v) is 0.915. The molecule has 88 valence electrons. The lowest BCUT2D eigenvalue weighted by atomic mass is 10.2. The average Bonchev–Trinajstić information content (AvgIpc) is 2.16. The van der Waals surface area contributed by atoms with Crippen molar-refractivity contribution in [3.8, 4) is 0 Å². The molecule has 0 aromatic rings. The van der Waals surface area contributed by atoms with Crippen LogP contribution >= 0.6 is 0 Å². The average molecular weight is 219 g/mol. The Morgan fingerprint density at radius 2 is 1.67 bits per heavy atom. The van der Waals surface area contributed by atoms with Gasteiger partial charge < -0.3 is 27.0 Å². The predicted molar refractivity (Wildman–Crippen MR) is 53.3 cm³/mol. The SMILES string of the molecule is N[C@H](CNCCC[C@H](N)C(=O)O)C(=O)O. The molecule has 7 nitrogen and oxygen atoms in total. The minimum atomic E-state index is -1.07. The fraction of sp³-hybridized carbons (Fsp3) is 0.750. The summed E-state index contributed by atoms with van der Waals surface area (Å²) in [5.74, 6) is -2.10. The number of rotatable bonds is 8. The number of carbonyl (C=O) groups is 2. The van der Waals surface area contributed by atoms with Gasteiger partial charge >= 0.3 is 11.9 Å². The Morgan fingerprint density at radius 3 is 2.13 bits per heavy atom. The van der Waals surface area contributed by atoms with Crippen molar-refractivity contribution in [2.45, 2.75) is 24.9 Å². The van der Waals surface area contributed by atoms with Crippen molar-refractivity contribution in [3.63, 3.8) is 0 Å². The second-order valence-corrected chi connectivity index (χ2v) is 3.24. The van der Waals surface area contributed by atoms with Gasteiger partial charge in [-0.25, -0.2) is 0 Å². The minimum Gasteiger partial charge on any atom is -0.480 e. The van der Waals surface area contributed by atoms with Crippen molar-refractivity contribution >= 4 is 11.9 Å². The third kappa shape index (κ3) is 6.83. The topological polar surface area (TPSA) is 139 Å². The van der Waals surface area contributed by atoms with Crippen LogP contribution in [0.15, 0.2) is 0 Å². The standard InChI is InChI=1S/C8H17N3O4/c9-5(7(12)13)2-1-3-11-4-6(10)8(14)15/h5-6,11H,1-4,9-10H2,(H,12,13)(H,14,15)/t5-,6+/m0/s1. The lowest BCUT2D eigenvalue weighted by Gasteiger charge is -2.09. The van der Waals surface area contributed by atoms with Crippen molar-refractivity contribution in [1.29, 1.82) is 0 Å². The fourth-order valence-electron chi connectivity index (χ4n) is 0.915. The van der Waals surface area contributed by atoms with Crippen LogP contribution in [0.25, 0.3) is 0 Å². The molecule has 0 aliphatic rings. The van der Waals surface area contributed by atoms with Gasteiger partial charge in [0.05, 0.1) is 0 Å². The third-order valence-electron chi connectivity index (χ3n) is 1.87. The Hall–Kier alpha value is -1.18. The first-order valence-electron chi connectivity index (χ1n) is 4.62. The van der Waals surface area contributed by atoms with E-state index in [0.717, 1.165) is 0 Å². The summed E-state index contributed by atoms with van der Waals surface area (Å²) in [5.41, 5.74) is 10.5. The summed E-state index contributed by atoms with van der Waals surface area (Å²) >= 11 is 0. The van der Waals surface area contributed by atoms with E-state index in [1.807, 2.05) is 0 Å². The van der Waals surface area contributed by atoms with E-state index >= 15 is 0 Å². The molecule has 0 aromatic heterocycles. The Balaban J connectivity index is 3.40. The van der Waals surface area contributed by atoms with Gasteiger partial charge in [-0.05, 0) is 19.4 Å². The molecule has 15 heavy (non-hydrogen) atoms. The van der Waals surface area contributed by atoms with Crippen LogP contribution in [0.2, 0.25) is 0 Å². The van der Waals surface area contributed by atoms with Crippen LogP contribution in [0.4, 0.5) is 0 Å². The van der Waals surface area contributed by atoms with Crippen LogP contribution in [-0.4, -0.2) is 47.3 Å². The van der Waals surface area contributed by atoms with Crippen LogP contribution in [0.3, 0.4) is 0 Å². The van der Waals surface area contributed by atoms with Gasteiger partial charge in [0.15, 0.2) is 0 Å². The first-order valence-corrected chi connectivity index (χ1v) is 4.62. The predicted octanol–water partition coefficient (Wildman–Crippen LogP) is -1.82. The Morgan fingerprint density at radius 1 is 1.13 bits per heavy atom. The molecule has 0 fully saturated rings. The zero-order valence-electron chi connectivity index (χ0n) is 8.35. The van der Waals surface area contributed by atoms with Crippen LogP contribution in [-0.2, 0) is 9.59 Å². The highest BCUT2D eigenvalue weighted by Gasteiger charge is 2.11. The van der Waals surface area contributed by atoms with Gasteiger partial charge in [-0.3, -0.25) is 9.59 Å². The smallest absolute Gasteiger partial charge is 0.321 e. The number of nitrogens with one attached hydrogen (secondary N) is 1. The molecule has 7 heteroatoms. The van der Waals surface area contributed by atoms with Gasteiger partial charge in [0.25, 0.3) is 0 Å². The monoisotopic (exact) mass is 219 g/mol. The maximum Gasteiger partial charge on any atom is 0.321 e. The molecule has 0 spiro atoms. The highest BCUT2D eigenvalue weighted by molar-refractivity contribution is 5.73. The van der Waals surface area contributed by atoms with E-state index in [9.17, 15) is 9.59 Å². The zero-order chi connectivity index (χ0) is 11.8. The number of carboxylic acids is 2. The summed E-state index contributed by atoms with van der Waals surface area (Å²) in [5, 5.41) is 19.7. The van der Waals surface area contributed by atoms with E-state index in [2.05, 4.69) is 5.32 Å². The molecule has 2 atom stereocenters. The summed E-state index contributed by atoms with van der Waals surface area (Å²) in [7, 11) is 0. The van der Waals surface area contributed by atoms with E-state index in [0.29, 0.717) is 19.4 Å². The van der Waals surface area contributed by atoms with Gasteiger partial charge in [-0.1, -0.05) is 0 Å². The highest BCUT2D eigenvalue weighted by atomic mass is 16.4. The van der Waals surface area contributed by atoms with Crippen molar-refractivity contribution in [2.24, 2.45) is 11.5 Å². The molecule has 0 amide bonds. The van der Waals surface area contributed by atoms with Gasteiger partial charge in [0, 0.05) is 6.54 Å². The zero-order valence-corrected chi connectivity index (χ0v) is 8.35. The second-order valence-electron chi connectivity index (χ2n) is 3.24. The maximum absolute atomic E-state index is 10.3. The highest BCUT2D eigenvalue weighted by Crippen LogP contribution is 1.92. The summed E-state index contributed by atoms with van der Waals surface area (Å²) in [6.45, 7) is 0.666. The van der Waals surface area contributed by atoms with Crippen molar-refractivity contribution < 1.29 is 19.8 Å². The molecule has 0 saturated carbocycles. The molecular weight excluding hydrogens is 202 g/mol. The van der Waals surface area contributed by atoms with Crippen LogP contribution in [0.1, 0.15) is 12.8 Å². The molecule has 0 aliphatic heterocycles. The molecule has 0 bridgehead atoms. The normalized spacial score (nSPS) is 14.5. The van der Waals surface area contributed by atoms with E-state index < -0.39 is 24.0 Å². The second kappa shape index (κ2) is 7.16. The Kier molecular flexibility index (Phi) is 6.59. The first kappa shape index (κ1) is 13.8. The quantitative estimate of drug-likeness (QED) is 0.303. The number of hydrogen-bond acceptors (Lipinski definition) is 5. The molecule has 0 unspecified atom stereocenters. The van der Waals surface area contributed by atoms with Gasteiger partial charge in [-0.2, -0.15) is 0 Å². The minimum absolute atomic E-state index is 0.164. The van der Waals surface area contributed by atoms with Crippen LogP contribution in [0.5, 0.6) is 0 Å². The van der Waals surface area contributed by atoms with E-state index in [4.69, 9.17) is 21.7 Å². The van der Waals surface area contributed by atoms with E-state index in [1.54, 1.807) is 0 Å². The van der Waals surface area contributed by atoms with Gasteiger partial charge in [0.2, 0.25) is 0 Å². The number of nitrogens with two attached hydrogens (primary N) is 2.